The van der Waals surface area contributed by atoms with Gasteiger partial charge in [-0.2, -0.15) is 0 Å². The number of anilines is 1. The van der Waals surface area contributed by atoms with E-state index in [-0.39, 0.29) is 106 Å². The SMILES string of the molecule is CC(C)C(C)NC(=O)C(CCCCNC(=O)CCOCCOCCOCCOCCNC(=O)COC1C#CCCCCC1)NC(=O)CCOCCOCCOCCOCCNC(=O)CCC(=O)N1Cc2ccccc2C#Cc2ccccc21. The molecule has 3 unspecified atom stereocenters. The van der Waals surface area contributed by atoms with Crippen LogP contribution in [-0.4, -0.2) is 186 Å². The van der Waals surface area contributed by atoms with Crippen molar-refractivity contribution in [3.05, 3.63) is 65.2 Å². The number of nitrogens with one attached hydrogen (secondary N) is 5. The van der Waals surface area contributed by atoms with Gasteiger partial charge in [0.25, 0.3) is 0 Å². The van der Waals surface area contributed by atoms with Crippen LogP contribution >= 0.6 is 0 Å². The molecule has 0 bridgehead atoms. The lowest BCUT2D eigenvalue weighted by Gasteiger charge is -2.26. The van der Waals surface area contributed by atoms with E-state index in [1.54, 1.807) is 4.90 Å². The molecule has 0 saturated heterocycles. The van der Waals surface area contributed by atoms with Gasteiger partial charge in [-0.15, -0.1) is 5.92 Å². The number of carbonyl (C=O) groups is 6. The molecule has 1 aliphatic carbocycles. The minimum absolute atomic E-state index is 0.00646. The maximum atomic E-state index is 13.4. The largest absolute Gasteiger partial charge is 0.379 e. The first-order valence-electron chi connectivity index (χ1n) is 29.6. The zero-order chi connectivity index (χ0) is 59.4. The minimum atomic E-state index is -0.728. The van der Waals surface area contributed by atoms with Crippen LogP contribution in [-0.2, 0) is 77.9 Å². The first-order chi connectivity index (χ1) is 40.5. The van der Waals surface area contributed by atoms with Crippen LogP contribution in [0.3, 0.4) is 0 Å². The Hall–Kier alpha value is -5.98. The van der Waals surface area contributed by atoms with Crippen LogP contribution in [0.4, 0.5) is 5.69 Å². The molecule has 0 spiro atoms. The summed E-state index contributed by atoms with van der Waals surface area (Å²) in [4.78, 5) is 78.1. The van der Waals surface area contributed by atoms with Crippen molar-refractivity contribution in [3.8, 4) is 23.7 Å². The van der Waals surface area contributed by atoms with Gasteiger partial charge in [-0.25, -0.2) is 0 Å². The van der Waals surface area contributed by atoms with Crippen molar-refractivity contribution in [1.29, 1.82) is 0 Å². The first-order valence-corrected chi connectivity index (χ1v) is 29.6. The van der Waals surface area contributed by atoms with Crippen molar-refractivity contribution in [2.24, 2.45) is 5.92 Å². The number of nitrogens with zero attached hydrogens (tertiary/aromatic N) is 1. The average Bonchev–Trinajstić information content (AvgIpc) is 3.65. The van der Waals surface area contributed by atoms with Crippen molar-refractivity contribution in [1.82, 2.24) is 26.6 Å². The molecule has 2 aliphatic rings. The van der Waals surface area contributed by atoms with Crippen LogP contribution < -0.4 is 31.5 Å². The number of hydrogen-bond donors (Lipinski definition) is 5. The van der Waals surface area contributed by atoms with Crippen molar-refractivity contribution in [3.63, 3.8) is 0 Å². The highest BCUT2D eigenvalue weighted by Crippen LogP contribution is 2.26. The van der Waals surface area contributed by atoms with Crippen LogP contribution in [0.15, 0.2) is 48.5 Å². The van der Waals surface area contributed by atoms with Gasteiger partial charge in [-0.3, -0.25) is 28.8 Å². The summed E-state index contributed by atoms with van der Waals surface area (Å²) in [5.41, 5.74) is 3.33. The molecule has 4 rings (SSSR count). The van der Waals surface area contributed by atoms with E-state index < -0.39 is 6.04 Å². The Labute approximate surface area is 491 Å². The van der Waals surface area contributed by atoms with E-state index >= 15 is 0 Å². The Morgan fingerprint density at radius 1 is 0.542 bits per heavy atom. The molecule has 21 nitrogen and oxygen atoms in total. The lowest BCUT2D eigenvalue weighted by Crippen LogP contribution is -2.50. The summed E-state index contributed by atoms with van der Waals surface area (Å²) in [5, 5.41) is 14.3. The lowest BCUT2D eigenvalue weighted by molar-refractivity contribution is -0.130. The van der Waals surface area contributed by atoms with E-state index in [1.165, 1.54) is 0 Å². The molecule has 0 saturated carbocycles. The Kier molecular flexibility index (Phi) is 37.3. The van der Waals surface area contributed by atoms with Gasteiger partial charge in [0.2, 0.25) is 35.4 Å². The van der Waals surface area contributed by atoms with Crippen LogP contribution in [0.2, 0.25) is 0 Å². The van der Waals surface area contributed by atoms with Gasteiger partial charge in [0, 0.05) is 68.9 Å². The highest BCUT2D eigenvalue weighted by Gasteiger charge is 2.24. The fraction of sp³-hybridized carbons (Fsp3) is 0.645. The average molecular weight is 1160 g/mol. The van der Waals surface area contributed by atoms with Gasteiger partial charge >= 0.3 is 0 Å². The number of hydrogen-bond acceptors (Lipinski definition) is 15. The second kappa shape index (κ2) is 44.5. The Bertz CT molecular complexity index is 2330. The van der Waals surface area contributed by atoms with E-state index in [0.29, 0.717) is 131 Å². The smallest absolute Gasteiger partial charge is 0.246 e. The molecule has 460 valence electrons. The standard InChI is InChI=1S/C62H92N6O15/c1-49(2)50(3)66-62(74)55(20-13-14-28-63-58(70)26-31-75-35-39-79-43-45-82-42-38-78-34-30-65-60(72)48-83-54-18-7-5-4-6-8-19-54)67-59(71)27-32-76-36-40-80-44-46-81-41-37-77-33-29-64-57(69)24-25-61(73)68-47-53-17-10-9-15-51(53)22-23-52-16-11-12-21-56(52)68/h9-12,15-17,21,49-50,54-55H,4-7,13-14,18,20,24-48H2,1-3H3,(H,63,70)(H,64,69)(H,65,72)(H,66,74)(H,67,71). The fourth-order valence-electron chi connectivity index (χ4n) is 8.18. The maximum absolute atomic E-state index is 13.4. The highest BCUT2D eigenvalue weighted by atomic mass is 16.6. The Morgan fingerprint density at radius 2 is 1.07 bits per heavy atom. The Balaban J connectivity index is 0.908. The van der Waals surface area contributed by atoms with E-state index in [9.17, 15) is 28.8 Å². The minimum Gasteiger partial charge on any atom is -0.379 e. The molecule has 83 heavy (non-hydrogen) atoms. The van der Waals surface area contributed by atoms with E-state index in [1.807, 2.05) is 69.3 Å². The quantitative estimate of drug-likeness (QED) is 0.0462. The van der Waals surface area contributed by atoms with E-state index in [0.717, 1.165) is 54.5 Å². The summed E-state index contributed by atoms with van der Waals surface area (Å²) < 4.78 is 50.0. The highest BCUT2D eigenvalue weighted by molar-refractivity contribution is 5.97. The second-order valence-electron chi connectivity index (χ2n) is 20.2. The summed E-state index contributed by atoms with van der Waals surface area (Å²) in [7, 11) is 0. The summed E-state index contributed by atoms with van der Waals surface area (Å²) in [5.74, 6) is 11.5. The van der Waals surface area contributed by atoms with Crippen LogP contribution in [0, 0.1) is 29.6 Å². The molecular formula is C62H92N6O15. The van der Waals surface area contributed by atoms with Gasteiger partial charge in [0.05, 0.1) is 118 Å². The summed E-state index contributed by atoms with van der Waals surface area (Å²) in [6, 6.07) is 14.5. The Morgan fingerprint density at radius 3 is 1.71 bits per heavy atom. The lowest BCUT2D eigenvalue weighted by atomic mass is 10.0. The molecule has 0 fully saturated rings. The van der Waals surface area contributed by atoms with Gasteiger partial charge in [-0.05, 0) is 75.1 Å². The molecule has 3 atom stereocenters. The zero-order valence-electron chi connectivity index (χ0n) is 49.3. The number of ether oxygens (including phenoxy) is 9. The third-order valence-corrected chi connectivity index (χ3v) is 13.3. The molecule has 6 amide bonds. The molecule has 1 aliphatic heterocycles. The molecule has 2 aromatic rings. The number of para-hydroxylation sites is 1. The normalized spacial score (nSPS) is 14.4. The number of amides is 6. The third kappa shape index (κ3) is 32.6. The van der Waals surface area contributed by atoms with Gasteiger partial charge in [0.15, 0.2) is 0 Å². The van der Waals surface area contributed by atoms with Crippen molar-refractivity contribution >= 4 is 41.1 Å². The van der Waals surface area contributed by atoms with E-state index in [4.69, 9.17) is 42.6 Å². The van der Waals surface area contributed by atoms with Crippen LogP contribution in [0.5, 0.6) is 0 Å². The third-order valence-electron chi connectivity index (χ3n) is 13.3. The van der Waals surface area contributed by atoms with E-state index in [2.05, 4.69) is 50.3 Å². The second-order valence-corrected chi connectivity index (χ2v) is 20.2. The number of benzene rings is 2. The first kappa shape index (κ1) is 69.5. The monoisotopic (exact) mass is 1160 g/mol. The van der Waals surface area contributed by atoms with Crippen molar-refractivity contribution in [2.75, 3.05) is 137 Å². The maximum Gasteiger partial charge on any atom is 0.246 e. The molecule has 0 aromatic heterocycles. The van der Waals surface area contributed by atoms with Crippen molar-refractivity contribution < 1.29 is 71.4 Å². The molecular weight excluding hydrogens is 1070 g/mol. The van der Waals surface area contributed by atoms with Gasteiger partial charge in [0.1, 0.15) is 18.8 Å². The molecule has 5 N–H and O–H groups in total. The number of fused-ring (bicyclic) bond motifs is 2. The zero-order valence-corrected chi connectivity index (χ0v) is 49.3. The summed E-state index contributed by atoms with van der Waals surface area (Å²) in [6.07, 6.45) is 6.93. The summed E-state index contributed by atoms with van der Waals surface area (Å²) in [6.45, 7) is 12.8. The predicted molar refractivity (Wildman–Crippen MR) is 313 cm³/mol. The fourth-order valence-corrected chi connectivity index (χ4v) is 8.18. The number of rotatable bonds is 45. The molecule has 1 heterocycles. The van der Waals surface area contributed by atoms with Gasteiger partial charge < -0.3 is 74.1 Å². The molecule has 21 heteroatoms. The topological polar surface area (TPSA) is 249 Å². The molecule has 0 radical (unpaired) electrons. The molecule has 2 aromatic carbocycles. The van der Waals surface area contributed by atoms with Gasteiger partial charge in [-0.1, -0.05) is 68.4 Å². The van der Waals surface area contributed by atoms with Crippen LogP contribution in [0.1, 0.15) is 115 Å². The van der Waals surface area contributed by atoms with Crippen LogP contribution in [0.25, 0.3) is 0 Å². The number of carbonyl (C=O) groups excluding carboxylic acids is 6. The predicted octanol–water partition coefficient (Wildman–Crippen LogP) is 4.14. The summed E-state index contributed by atoms with van der Waals surface area (Å²) >= 11 is 0. The van der Waals surface area contributed by atoms with Crippen molar-refractivity contribution in [2.45, 2.75) is 123 Å². The number of unbranched alkanes of at least 4 members (excludes halogenated alkanes) is 1.